The number of nitrogens with one attached hydrogen (secondary N) is 1. The van der Waals surface area contributed by atoms with Crippen molar-refractivity contribution in [3.63, 3.8) is 0 Å². The minimum Gasteiger partial charge on any atom is -0.370 e. The van der Waals surface area contributed by atoms with Gasteiger partial charge >= 0.3 is 0 Å². The summed E-state index contributed by atoms with van der Waals surface area (Å²) < 4.78 is 0. The monoisotopic (exact) mass is 320 g/mol. The van der Waals surface area contributed by atoms with Crippen molar-refractivity contribution in [3.05, 3.63) is 45.6 Å². The van der Waals surface area contributed by atoms with Crippen molar-refractivity contribution in [1.29, 1.82) is 0 Å². The molecule has 0 spiro atoms. The lowest BCUT2D eigenvalue weighted by molar-refractivity contribution is -0.115. The summed E-state index contributed by atoms with van der Waals surface area (Å²) in [6.07, 6.45) is 2.81. The molecule has 3 rings (SSSR count). The molecule has 0 unspecified atom stereocenters. The highest BCUT2D eigenvalue weighted by atomic mass is 35.5. The molecule has 2 aromatic rings. The molecule has 21 heavy (non-hydrogen) atoms. The molecule has 1 aliphatic heterocycles. The fraction of sp³-hybridized carbons (Fsp3) is 0.312. The third kappa shape index (κ3) is 3.57. The van der Waals surface area contributed by atoms with Crippen LogP contribution in [0.1, 0.15) is 17.7 Å². The fourth-order valence-corrected chi connectivity index (χ4v) is 3.48. The average molecular weight is 321 g/mol. The molecule has 0 bridgehead atoms. The molecule has 110 valence electrons. The van der Waals surface area contributed by atoms with E-state index in [9.17, 15) is 4.79 Å². The Kier molecular flexibility index (Phi) is 4.46. The molecule has 3 nitrogen and oxygen atoms in total. The van der Waals surface area contributed by atoms with E-state index in [0.29, 0.717) is 11.4 Å². The first kappa shape index (κ1) is 14.4. The Bertz CT molecular complexity index is 621. The van der Waals surface area contributed by atoms with Crippen LogP contribution in [0.15, 0.2) is 35.7 Å². The van der Waals surface area contributed by atoms with Crippen molar-refractivity contribution in [1.82, 2.24) is 0 Å². The number of carbonyl (C=O) groups excluding carboxylic acids is 1. The molecular formula is C16H17ClN2OS. The SMILES string of the molecule is O=C(Cc1cccs1)Nc1cc(Cl)ccc1N1CCCC1. The Labute approximate surface area is 133 Å². The van der Waals surface area contributed by atoms with Gasteiger partial charge in [0.15, 0.2) is 0 Å². The summed E-state index contributed by atoms with van der Waals surface area (Å²) in [6.45, 7) is 2.07. The Morgan fingerprint density at radius 3 is 2.81 bits per heavy atom. The predicted molar refractivity (Wildman–Crippen MR) is 89.6 cm³/mol. The van der Waals surface area contributed by atoms with E-state index in [1.807, 2.05) is 35.7 Å². The highest BCUT2D eigenvalue weighted by Gasteiger charge is 2.17. The zero-order chi connectivity index (χ0) is 14.7. The van der Waals surface area contributed by atoms with Gasteiger partial charge in [-0.25, -0.2) is 0 Å². The Balaban J connectivity index is 1.76. The van der Waals surface area contributed by atoms with Crippen LogP contribution in [0.3, 0.4) is 0 Å². The van der Waals surface area contributed by atoms with Gasteiger partial charge in [0.1, 0.15) is 0 Å². The van der Waals surface area contributed by atoms with Crippen LogP contribution in [-0.2, 0) is 11.2 Å². The number of amides is 1. The van der Waals surface area contributed by atoms with Crippen molar-refractivity contribution in [2.75, 3.05) is 23.3 Å². The minimum atomic E-state index is 0.000151. The number of nitrogens with zero attached hydrogens (tertiary/aromatic N) is 1. The van der Waals surface area contributed by atoms with E-state index in [0.717, 1.165) is 29.3 Å². The molecule has 1 saturated heterocycles. The van der Waals surface area contributed by atoms with Gasteiger partial charge < -0.3 is 10.2 Å². The van der Waals surface area contributed by atoms with E-state index < -0.39 is 0 Å². The molecule has 1 aromatic carbocycles. The second-order valence-corrected chi connectivity index (χ2v) is 6.63. The molecule has 0 radical (unpaired) electrons. The van der Waals surface area contributed by atoms with Crippen LogP contribution in [-0.4, -0.2) is 19.0 Å². The average Bonchev–Trinajstić information content (AvgIpc) is 3.11. The maximum Gasteiger partial charge on any atom is 0.229 e. The number of hydrogen-bond donors (Lipinski definition) is 1. The molecule has 1 fully saturated rings. The number of thiophene rings is 1. The number of halogens is 1. The molecule has 5 heteroatoms. The van der Waals surface area contributed by atoms with Gasteiger partial charge in [-0.15, -0.1) is 11.3 Å². The van der Waals surface area contributed by atoms with Crippen LogP contribution >= 0.6 is 22.9 Å². The zero-order valence-corrected chi connectivity index (χ0v) is 13.2. The van der Waals surface area contributed by atoms with Gasteiger partial charge in [-0.2, -0.15) is 0 Å². The van der Waals surface area contributed by atoms with E-state index in [2.05, 4.69) is 10.2 Å². The van der Waals surface area contributed by atoms with E-state index in [1.54, 1.807) is 11.3 Å². The summed E-state index contributed by atoms with van der Waals surface area (Å²) in [5.74, 6) is 0.000151. The molecule has 1 aliphatic rings. The number of anilines is 2. The first-order valence-corrected chi connectivity index (χ1v) is 8.35. The van der Waals surface area contributed by atoms with E-state index in [-0.39, 0.29) is 5.91 Å². The minimum absolute atomic E-state index is 0.000151. The third-order valence-electron chi connectivity index (χ3n) is 3.59. The molecule has 2 heterocycles. The zero-order valence-electron chi connectivity index (χ0n) is 11.6. The molecule has 0 aliphatic carbocycles. The van der Waals surface area contributed by atoms with Crippen LogP contribution in [0.4, 0.5) is 11.4 Å². The maximum absolute atomic E-state index is 12.2. The highest BCUT2D eigenvalue weighted by Crippen LogP contribution is 2.31. The first-order chi connectivity index (χ1) is 10.2. The Hall–Kier alpha value is -1.52. The van der Waals surface area contributed by atoms with Gasteiger partial charge in [-0.05, 0) is 42.5 Å². The van der Waals surface area contributed by atoms with Crippen molar-refractivity contribution in [2.24, 2.45) is 0 Å². The van der Waals surface area contributed by atoms with E-state index in [4.69, 9.17) is 11.6 Å². The summed E-state index contributed by atoms with van der Waals surface area (Å²) in [4.78, 5) is 15.6. The summed E-state index contributed by atoms with van der Waals surface area (Å²) >= 11 is 7.68. The van der Waals surface area contributed by atoms with Crippen LogP contribution in [0, 0.1) is 0 Å². The van der Waals surface area contributed by atoms with Gasteiger partial charge in [0.05, 0.1) is 17.8 Å². The van der Waals surface area contributed by atoms with E-state index >= 15 is 0 Å². The molecule has 0 saturated carbocycles. The number of carbonyl (C=O) groups is 1. The summed E-state index contributed by atoms with van der Waals surface area (Å²) in [6, 6.07) is 9.64. The molecular weight excluding hydrogens is 304 g/mol. The largest absolute Gasteiger partial charge is 0.370 e. The van der Waals surface area contributed by atoms with Gasteiger partial charge in [0, 0.05) is 23.0 Å². The predicted octanol–water partition coefficient (Wildman–Crippen LogP) is 4.18. The Morgan fingerprint density at radius 2 is 2.10 bits per heavy atom. The summed E-state index contributed by atoms with van der Waals surface area (Å²) in [5.41, 5.74) is 1.88. The summed E-state index contributed by atoms with van der Waals surface area (Å²) in [7, 11) is 0. The molecule has 1 aromatic heterocycles. The second-order valence-electron chi connectivity index (χ2n) is 5.16. The number of benzene rings is 1. The van der Waals surface area contributed by atoms with Crippen molar-refractivity contribution in [2.45, 2.75) is 19.3 Å². The number of hydrogen-bond acceptors (Lipinski definition) is 3. The van der Waals surface area contributed by atoms with Crippen LogP contribution in [0.25, 0.3) is 0 Å². The second kappa shape index (κ2) is 6.50. The first-order valence-electron chi connectivity index (χ1n) is 7.09. The third-order valence-corrected chi connectivity index (χ3v) is 4.71. The van der Waals surface area contributed by atoms with Gasteiger partial charge in [0.25, 0.3) is 0 Å². The molecule has 0 atom stereocenters. The maximum atomic E-state index is 12.2. The lowest BCUT2D eigenvalue weighted by atomic mass is 10.2. The van der Waals surface area contributed by atoms with Gasteiger partial charge in [-0.3, -0.25) is 4.79 Å². The highest BCUT2D eigenvalue weighted by molar-refractivity contribution is 7.10. The lowest BCUT2D eigenvalue weighted by Crippen LogP contribution is -2.21. The summed E-state index contributed by atoms with van der Waals surface area (Å²) in [5, 5.41) is 5.63. The number of rotatable bonds is 4. The normalized spacial score (nSPS) is 14.4. The van der Waals surface area contributed by atoms with Crippen LogP contribution < -0.4 is 10.2 Å². The standard InChI is InChI=1S/C16H17ClN2OS/c17-12-5-6-15(19-7-1-2-8-19)14(10-12)18-16(20)11-13-4-3-9-21-13/h3-6,9-10H,1-2,7-8,11H2,(H,18,20). The Morgan fingerprint density at radius 1 is 1.29 bits per heavy atom. The van der Waals surface area contributed by atoms with E-state index in [1.165, 1.54) is 12.8 Å². The van der Waals surface area contributed by atoms with Crippen molar-refractivity contribution in [3.8, 4) is 0 Å². The van der Waals surface area contributed by atoms with Crippen molar-refractivity contribution >= 4 is 40.2 Å². The smallest absolute Gasteiger partial charge is 0.229 e. The van der Waals surface area contributed by atoms with Crippen LogP contribution in [0.2, 0.25) is 5.02 Å². The molecule has 1 N–H and O–H groups in total. The molecule has 1 amide bonds. The van der Waals surface area contributed by atoms with Gasteiger partial charge in [0.2, 0.25) is 5.91 Å². The fourth-order valence-electron chi connectivity index (χ4n) is 2.61. The van der Waals surface area contributed by atoms with Crippen LogP contribution in [0.5, 0.6) is 0 Å². The lowest BCUT2D eigenvalue weighted by Gasteiger charge is -2.21. The topological polar surface area (TPSA) is 32.3 Å². The quantitative estimate of drug-likeness (QED) is 0.916. The van der Waals surface area contributed by atoms with Crippen molar-refractivity contribution < 1.29 is 4.79 Å². The van der Waals surface area contributed by atoms with Gasteiger partial charge in [-0.1, -0.05) is 17.7 Å².